The van der Waals surface area contributed by atoms with Gasteiger partial charge in [0.15, 0.2) is 0 Å². The van der Waals surface area contributed by atoms with E-state index in [4.69, 9.17) is 9.47 Å². The minimum atomic E-state index is -0.814. The van der Waals surface area contributed by atoms with Gasteiger partial charge in [-0.2, -0.15) is 11.8 Å². The standard InChI is InChI=1S/C18H32N2O5S/c1-11(2)25-17(23)19-14(18(5,6)26-12(3)4)15(21)20-10-8-9-13(20)16(22)24-7/h11-14H,8-10H2,1-7H3,(H,19,23)/t13?,14-/m1/s1. The van der Waals surface area contributed by atoms with Crippen molar-refractivity contribution in [3.8, 4) is 0 Å². The molecule has 150 valence electrons. The average Bonchev–Trinajstić information content (AvgIpc) is 2.98. The lowest BCUT2D eigenvalue weighted by molar-refractivity contribution is -0.151. The average molecular weight is 389 g/mol. The van der Waals surface area contributed by atoms with Crippen LogP contribution in [-0.4, -0.2) is 64.7 Å². The molecule has 7 nitrogen and oxygen atoms in total. The molecule has 2 atom stereocenters. The lowest BCUT2D eigenvalue weighted by atomic mass is 10.0. The van der Waals surface area contributed by atoms with Crippen LogP contribution in [0.3, 0.4) is 0 Å². The van der Waals surface area contributed by atoms with Crippen LogP contribution in [0, 0.1) is 0 Å². The number of nitrogens with zero attached hydrogens (tertiary/aromatic N) is 1. The summed E-state index contributed by atoms with van der Waals surface area (Å²) in [5.41, 5.74) is 0. The fourth-order valence-corrected chi connectivity index (χ4v) is 4.66. The Bertz CT molecular complexity index is 522. The Morgan fingerprint density at radius 2 is 1.81 bits per heavy atom. The van der Waals surface area contributed by atoms with Crippen LogP contribution >= 0.6 is 11.8 Å². The van der Waals surface area contributed by atoms with Gasteiger partial charge >= 0.3 is 12.1 Å². The highest BCUT2D eigenvalue weighted by molar-refractivity contribution is 8.01. The molecule has 0 bridgehead atoms. The van der Waals surface area contributed by atoms with E-state index in [1.807, 2.05) is 27.7 Å². The van der Waals surface area contributed by atoms with Gasteiger partial charge in [0, 0.05) is 11.3 Å². The number of thioether (sulfide) groups is 1. The number of carbonyl (C=O) groups excluding carboxylic acids is 3. The van der Waals surface area contributed by atoms with Crippen LogP contribution in [0.4, 0.5) is 4.79 Å². The van der Waals surface area contributed by atoms with Crippen LogP contribution < -0.4 is 5.32 Å². The monoisotopic (exact) mass is 388 g/mol. The quantitative estimate of drug-likeness (QED) is 0.675. The fraction of sp³-hybridized carbons (Fsp3) is 0.833. The zero-order chi connectivity index (χ0) is 20.1. The molecule has 0 aromatic carbocycles. The summed E-state index contributed by atoms with van der Waals surface area (Å²) in [6.45, 7) is 11.9. The summed E-state index contributed by atoms with van der Waals surface area (Å²) in [6, 6.07) is -1.41. The first-order chi connectivity index (χ1) is 12.0. The van der Waals surface area contributed by atoms with Gasteiger partial charge in [-0.25, -0.2) is 9.59 Å². The van der Waals surface area contributed by atoms with E-state index in [0.29, 0.717) is 13.0 Å². The van der Waals surface area contributed by atoms with E-state index in [1.54, 1.807) is 25.6 Å². The third-order valence-electron chi connectivity index (χ3n) is 4.10. The predicted octanol–water partition coefficient (Wildman–Crippen LogP) is 2.57. The fourth-order valence-electron chi connectivity index (χ4n) is 3.15. The highest BCUT2D eigenvalue weighted by Gasteiger charge is 2.44. The van der Waals surface area contributed by atoms with Crippen molar-refractivity contribution in [1.29, 1.82) is 0 Å². The first kappa shape index (κ1) is 22.6. The molecular formula is C18H32N2O5S. The molecule has 0 radical (unpaired) electrons. The number of rotatable bonds is 7. The Kier molecular flexibility index (Phi) is 8.24. The second-order valence-electron chi connectivity index (χ2n) is 7.51. The maximum Gasteiger partial charge on any atom is 0.408 e. The van der Waals surface area contributed by atoms with E-state index >= 15 is 0 Å². The SMILES string of the molecule is COC(=O)C1CCCN1C(=O)[C@@H](NC(=O)OC(C)C)C(C)(C)SC(C)C. The summed E-state index contributed by atoms with van der Waals surface area (Å²) in [6.07, 6.45) is 0.372. The van der Waals surface area contributed by atoms with Crippen molar-refractivity contribution in [2.45, 2.75) is 82.6 Å². The van der Waals surface area contributed by atoms with Gasteiger partial charge in [0.1, 0.15) is 12.1 Å². The molecule has 1 rings (SSSR count). The van der Waals surface area contributed by atoms with Crippen molar-refractivity contribution in [1.82, 2.24) is 10.2 Å². The van der Waals surface area contributed by atoms with Crippen LogP contribution in [0.5, 0.6) is 0 Å². The molecular weight excluding hydrogens is 356 g/mol. The Labute approximate surface area is 160 Å². The summed E-state index contributed by atoms with van der Waals surface area (Å²) in [5.74, 6) is -0.703. The molecule has 0 aromatic heterocycles. The van der Waals surface area contributed by atoms with Gasteiger partial charge in [-0.15, -0.1) is 0 Å². The molecule has 1 saturated heterocycles. The summed E-state index contributed by atoms with van der Waals surface area (Å²) >= 11 is 1.59. The third kappa shape index (κ3) is 6.07. The van der Waals surface area contributed by atoms with E-state index < -0.39 is 28.9 Å². The normalized spacial score (nSPS) is 18.8. The van der Waals surface area contributed by atoms with Gasteiger partial charge in [-0.05, 0) is 45.8 Å². The molecule has 1 aliphatic heterocycles. The van der Waals surface area contributed by atoms with Crippen LogP contribution in [-0.2, 0) is 19.1 Å². The molecule has 8 heteroatoms. The van der Waals surface area contributed by atoms with Crippen molar-refractivity contribution >= 4 is 29.7 Å². The third-order valence-corrected chi connectivity index (χ3v) is 5.41. The van der Waals surface area contributed by atoms with Crippen molar-refractivity contribution < 1.29 is 23.9 Å². The predicted molar refractivity (Wildman–Crippen MR) is 102 cm³/mol. The first-order valence-electron chi connectivity index (χ1n) is 9.02. The number of amides is 2. The van der Waals surface area contributed by atoms with Crippen LogP contribution in [0.1, 0.15) is 54.4 Å². The van der Waals surface area contributed by atoms with Crippen molar-refractivity contribution in [3.63, 3.8) is 0 Å². The lowest BCUT2D eigenvalue weighted by Gasteiger charge is -2.37. The van der Waals surface area contributed by atoms with Crippen LogP contribution in [0.15, 0.2) is 0 Å². The number of hydrogen-bond donors (Lipinski definition) is 1. The molecule has 0 aromatic rings. The van der Waals surface area contributed by atoms with Gasteiger partial charge in [-0.3, -0.25) is 4.79 Å². The van der Waals surface area contributed by atoms with Gasteiger partial charge in [0.05, 0.1) is 13.2 Å². The number of hydrogen-bond acceptors (Lipinski definition) is 6. The largest absolute Gasteiger partial charge is 0.467 e. The number of alkyl carbamates (subject to hydrolysis) is 1. The molecule has 2 amide bonds. The number of esters is 1. The Morgan fingerprint density at radius 3 is 2.31 bits per heavy atom. The minimum Gasteiger partial charge on any atom is -0.467 e. The molecule has 1 heterocycles. The topological polar surface area (TPSA) is 84.9 Å². The van der Waals surface area contributed by atoms with Gasteiger partial charge in [0.25, 0.3) is 0 Å². The van der Waals surface area contributed by atoms with E-state index in [1.165, 1.54) is 12.0 Å². The van der Waals surface area contributed by atoms with Crippen LogP contribution in [0.25, 0.3) is 0 Å². The highest BCUT2D eigenvalue weighted by atomic mass is 32.2. The van der Waals surface area contributed by atoms with E-state index in [0.717, 1.165) is 6.42 Å². The molecule has 1 unspecified atom stereocenters. The number of nitrogens with one attached hydrogen (secondary N) is 1. The Hall–Kier alpha value is -1.44. The van der Waals surface area contributed by atoms with E-state index in [-0.39, 0.29) is 17.3 Å². The summed E-state index contributed by atoms with van der Waals surface area (Å²) in [5, 5.41) is 2.99. The second-order valence-corrected chi connectivity index (χ2v) is 9.74. The van der Waals surface area contributed by atoms with Crippen molar-refractivity contribution in [3.05, 3.63) is 0 Å². The minimum absolute atomic E-state index is 0.262. The molecule has 0 spiro atoms. The summed E-state index contributed by atoms with van der Waals surface area (Å²) < 4.78 is 9.42. The maximum absolute atomic E-state index is 13.3. The Morgan fingerprint density at radius 1 is 1.19 bits per heavy atom. The van der Waals surface area contributed by atoms with Gasteiger partial charge < -0.3 is 19.7 Å². The number of likely N-dealkylation sites (tertiary alicyclic amines) is 1. The van der Waals surface area contributed by atoms with E-state index in [2.05, 4.69) is 5.32 Å². The number of methoxy groups -OCH3 is 1. The molecule has 26 heavy (non-hydrogen) atoms. The zero-order valence-corrected chi connectivity index (χ0v) is 17.6. The molecule has 1 N–H and O–H groups in total. The highest BCUT2D eigenvalue weighted by Crippen LogP contribution is 2.34. The molecule has 1 fully saturated rings. The Balaban J connectivity index is 3.07. The van der Waals surface area contributed by atoms with Gasteiger partial charge in [-0.1, -0.05) is 13.8 Å². The van der Waals surface area contributed by atoms with Crippen molar-refractivity contribution in [2.24, 2.45) is 0 Å². The van der Waals surface area contributed by atoms with Gasteiger partial charge in [0.2, 0.25) is 5.91 Å². The second kappa shape index (κ2) is 9.48. The number of ether oxygens (including phenoxy) is 2. The smallest absolute Gasteiger partial charge is 0.408 e. The summed E-state index contributed by atoms with van der Waals surface area (Å²) in [4.78, 5) is 39.0. The van der Waals surface area contributed by atoms with Crippen LogP contribution in [0.2, 0.25) is 0 Å². The lowest BCUT2D eigenvalue weighted by Crippen LogP contribution is -2.59. The van der Waals surface area contributed by atoms with E-state index in [9.17, 15) is 14.4 Å². The first-order valence-corrected chi connectivity index (χ1v) is 9.90. The number of carbonyl (C=O) groups is 3. The zero-order valence-electron chi connectivity index (χ0n) is 16.8. The molecule has 1 aliphatic rings. The molecule has 0 aliphatic carbocycles. The maximum atomic E-state index is 13.3. The summed E-state index contributed by atoms with van der Waals surface area (Å²) in [7, 11) is 1.32. The molecule has 0 saturated carbocycles. The van der Waals surface area contributed by atoms with Crippen molar-refractivity contribution in [2.75, 3.05) is 13.7 Å².